The molecule has 2 aliphatic rings. The maximum absolute atomic E-state index is 11.9. The number of hydrogen-bond donors (Lipinski definition) is 1. The minimum atomic E-state index is -0.419. The summed E-state index contributed by atoms with van der Waals surface area (Å²) in [5.74, 6) is 0.320. The number of oxime groups is 1. The first-order valence-electron chi connectivity index (χ1n) is 7.35. The summed E-state index contributed by atoms with van der Waals surface area (Å²) in [6, 6.07) is 0. The average molecular weight is 264 g/mol. The molecule has 1 heterocycles. The van der Waals surface area contributed by atoms with Crippen LogP contribution in [0.15, 0.2) is 16.8 Å². The molecular formula is C15H24N2O2. The third-order valence-corrected chi connectivity index (χ3v) is 3.78. The van der Waals surface area contributed by atoms with E-state index in [1.807, 2.05) is 0 Å². The molecule has 0 radical (unpaired) electrons. The van der Waals surface area contributed by atoms with Crippen molar-refractivity contribution in [2.45, 2.75) is 58.5 Å². The highest BCUT2D eigenvalue weighted by molar-refractivity contribution is 5.93. The molecular weight excluding hydrogens is 240 g/mol. The van der Waals surface area contributed by atoms with Crippen molar-refractivity contribution in [3.63, 3.8) is 0 Å². The Morgan fingerprint density at radius 1 is 1.53 bits per heavy atom. The summed E-state index contributed by atoms with van der Waals surface area (Å²) in [5, 5.41) is 6.93. The van der Waals surface area contributed by atoms with Gasteiger partial charge >= 0.3 is 0 Å². The van der Waals surface area contributed by atoms with Gasteiger partial charge in [0.05, 0.1) is 5.71 Å². The van der Waals surface area contributed by atoms with Crippen LogP contribution in [0.2, 0.25) is 0 Å². The van der Waals surface area contributed by atoms with Crippen LogP contribution in [-0.2, 0) is 9.63 Å². The first-order chi connectivity index (χ1) is 9.16. The number of nitrogens with one attached hydrogen (secondary N) is 1. The summed E-state index contributed by atoms with van der Waals surface area (Å²) in [5.41, 5.74) is 2.47. The summed E-state index contributed by atoms with van der Waals surface area (Å²) in [6.45, 7) is 4.84. The van der Waals surface area contributed by atoms with Crippen LogP contribution in [0.1, 0.15) is 52.4 Å². The van der Waals surface area contributed by atoms with Crippen molar-refractivity contribution in [2.24, 2.45) is 11.1 Å². The smallest absolute Gasteiger partial charge is 0.264 e. The normalized spacial score (nSPS) is 22.8. The molecule has 0 bridgehead atoms. The first-order valence-corrected chi connectivity index (χ1v) is 7.35. The molecule has 1 amide bonds. The molecule has 1 unspecified atom stereocenters. The second-order valence-electron chi connectivity index (χ2n) is 5.68. The van der Waals surface area contributed by atoms with Gasteiger partial charge in [-0.05, 0) is 38.0 Å². The molecule has 4 nitrogen and oxygen atoms in total. The van der Waals surface area contributed by atoms with E-state index in [1.165, 1.54) is 31.3 Å². The minimum absolute atomic E-state index is 0.0317. The van der Waals surface area contributed by atoms with Gasteiger partial charge < -0.3 is 10.2 Å². The Bertz CT molecular complexity index is 386. The second-order valence-corrected chi connectivity index (χ2v) is 5.68. The molecule has 0 saturated carbocycles. The van der Waals surface area contributed by atoms with Crippen LogP contribution in [0.3, 0.4) is 0 Å². The van der Waals surface area contributed by atoms with Gasteiger partial charge in [0.15, 0.2) is 0 Å². The van der Waals surface area contributed by atoms with E-state index in [1.54, 1.807) is 0 Å². The molecule has 1 aliphatic carbocycles. The molecule has 1 atom stereocenters. The van der Waals surface area contributed by atoms with Crippen molar-refractivity contribution in [3.8, 4) is 0 Å². The van der Waals surface area contributed by atoms with E-state index >= 15 is 0 Å². The van der Waals surface area contributed by atoms with Crippen LogP contribution in [0, 0.1) is 5.92 Å². The molecule has 1 N–H and O–H groups in total. The molecule has 2 rings (SSSR count). The molecule has 0 fully saturated rings. The Labute approximate surface area is 115 Å². The second kappa shape index (κ2) is 6.73. The fourth-order valence-electron chi connectivity index (χ4n) is 2.47. The van der Waals surface area contributed by atoms with E-state index in [-0.39, 0.29) is 5.91 Å². The van der Waals surface area contributed by atoms with Crippen LogP contribution < -0.4 is 5.32 Å². The lowest BCUT2D eigenvalue weighted by molar-refractivity contribution is -0.131. The molecule has 0 saturated heterocycles. The highest BCUT2D eigenvalue weighted by atomic mass is 16.6. The van der Waals surface area contributed by atoms with Gasteiger partial charge in [0.25, 0.3) is 5.91 Å². The molecule has 0 aromatic heterocycles. The standard InChI is InChI=1S/C15H24N2O2/c1-11(2)13-10-14(19-17-13)15(18)16-9-8-12-6-4-3-5-7-12/h6,11,14H,3-5,7-10H2,1-2H3,(H,16,18). The van der Waals surface area contributed by atoms with Gasteiger partial charge in [-0.1, -0.05) is 30.7 Å². The molecule has 0 aromatic carbocycles. The number of allylic oxidation sites excluding steroid dienone is 1. The number of amides is 1. The Morgan fingerprint density at radius 2 is 2.37 bits per heavy atom. The Morgan fingerprint density at radius 3 is 3.00 bits per heavy atom. The van der Waals surface area contributed by atoms with Crippen molar-refractivity contribution in [1.82, 2.24) is 5.32 Å². The van der Waals surface area contributed by atoms with Gasteiger partial charge in [0.2, 0.25) is 6.10 Å². The zero-order valence-electron chi connectivity index (χ0n) is 11.9. The highest BCUT2D eigenvalue weighted by Crippen LogP contribution is 2.20. The van der Waals surface area contributed by atoms with Crippen LogP contribution in [0.4, 0.5) is 0 Å². The first kappa shape index (κ1) is 14.1. The van der Waals surface area contributed by atoms with E-state index in [9.17, 15) is 4.79 Å². The van der Waals surface area contributed by atoms with Gasteiger partial charge in [-0.3, -0.25) is 4.79 Å². The number of carbonyl (C=O) groups excluding carboxylic acids is 1. The van der Waals surface area contributed by atoms with Crippen LogP contribution in [-0.4, -0.2) is 24.3 Å². The highest BCUT2D eigenvalue weighted by Gasteiger charge is 2.28. The zero-order chi connectivity index (χ0) is 13.7. The molecule has 19 heavy (non-hydrogen) atoms. The van der Waals surface area contributed by atoms with Crippen LogP contribution in [0.25, 0.3) is 0 Å². The molecule has 1 aliphatic heterocycles. The van der Waals surface area contributed by atoms with Gasteiger partial charge in [-0.15, -0.1) is 0 Å². The number of hydrogen-bond acceptors (Lipinski definition) is 3. The summed E-state index contributed by atoms with van der Waals surface area (Å²) in [7, 11) is 0. The monoisotopic (exact) mass is 264 g/mol. The van der Waals surface area contributed by atoms with E-state index in [0.29, 0.717) is 18.9 Å². The minimum Gasteiger partial charge on any atom is -0.382 e. The van der Waals surface area contributed by atoms with E-state index in [2.05, 4.69) is 30.4 Å². The van der Waals surface area contributed by atoms with Crippen LogP contribution >= 0.6 is 0 Å². The van der Waals surface area contributed by atoms with Gasteiger partial charge in [-0.2, -0.15) is 0 Å². The number of nitrogens with zero attached hydrogens (tertiary/aromatic N) is 1. The van der Waals surface area contributed by atoms with Crippen molar-refractivity contribution < 1.29 is 9.63 Å². The average Bonchev–Trinajstić information content (AvgIpc) is 2.89. The van der Waals surface area contributed by atoms with E-state index in [0.717, 1.165) is 12.1 Å². The third-order valence-electron chi connectivity index (χ3n) is 3.78. The number of carbonyl (C=O) groups is 1. The zero-order valence-corrected chi connectivity index (χ0v) is 11.9. The van der Waals surface area contributed by atoms with Crippen molar-refractivity contribution in [1.29, 1.82) is 0 Å². The Kier molecular flexibility index (Phi) is 5.00. The Balaban J connectivity index is 1.67. The maximum Gasteiger partial charge on any atom is 0.264 e. The van der Waals surface area contributed by atoms with Crippen molar-refractivity contribution in [3.05, 3.63) is 11.6 Å². The number of rotatable bonds is 5. The topological polar surface area (TPSA) is 50.7 Å². The van der Waals surface area contributed by atoms with E-state index in [4.69, 9.17) is 4.84 Å². The predicted octanol–water partition coefficient (Wildman–Crippen LogP) is 2.79. The fraction of sp³-hybridized carbons (Fsp3) is 0.733. The summed E-state index contributed by atoms with van der Waals surface area (Å²) < 4.78 is 0. The van der Waals surface area contributed by atoms with Crippen molar-refractivity contribution in [2.75, 3.05) is 6.54 Å². The van der Waals surface area contributed by atoms with E-state index < -0.39 is 6.10 Å². The summed E-state index contributed by atoms with van der Waals surface area (Å²) >= 11 is 0. The largest absolute Gasteiger partial charge is 0.382 e. The summed E-state index contributed by atoms with van der Waals surface area (Å²) in [4.78, 5) is 17.1. The maximum atomic E-state index is 11.9. The molecule has 106 valence electrons. The quantitative estimate of drug-likeness (QED) is 0.776. The van der Waals surface area contributed by atoms with Crippen molar-refractivity contribution >= 4 is 11.6 Å². The Hall–Kier alpha value is -1.32. The van der Waals surface area contributed by atoms with Crippen LogP contribution in [0.5, 0.6) is 0 Å². The lowest BCUT2D eigenvalue weighted by atomic mass is 9.97. The lowest BCUT2D eigenvalue weighted by Gasteiger charge is -2.14. The van der Waals surface area contributed by atoms with Gasteiger partial charge in [0.1, 0.15) is 0 Å². The van der Waals surface area contributed by atoms with Gasteiger partial charge in [-0.25, -0.2) is 0 Å². The summed E-state index contributed by atoms with van der Waals surface area (Å²) in [6.07, 6.45) is 8.48. The fourth-order valence-corrected chi connectivity index (χ4v) is 2.47. The molecule has 0 aromatic rings. The third kappa shape index (κ3) is 4.08. The molecule has 4 heteroatoms. The predicted molar refractivity (Wildman–Crippen MR) is 75.9 cm³/mol. The van der Waals surface area contributed by atoms with Gasteiger partial charge in [0, 0.05) is 13.0 Å². The molecule has 0 spiro atoms. The SMILES string of the molecule is CC(C)C1=NOC(C(=O)NCCC2=CCCCC2)C1. The lowest BCUT2D eigenvalue weighted by Crippen LogP contribution is -2.35.